The molecule has 82 valence electrons. The minimum atomic E-state index is -4.89. The fourth-order valence-corrected chi connectivity index (χ4v) is 1.34. The van der Waals surface area contributed by atoms with Crippen molar-refractivity contribution in [3.63, 3.8) is 0 Å². The first-order valence-corrected chi connectivity index (χ1v) is 4.34. The van der Waals surface area contributed by atoms with Gasteiger partial charge < -0.3 is 10.1 Å². The second kappa shape index (κ2) is 3.76. The van der Waals surface area contributed by atoms with E-state index in [0.29, 0.717) is 25.9 Å². The van der Waals surface area contributed by atoms with Gasteiger partial charge in [0.05, 0.1) is 0 Å². The van der Waals surface area contributed by atoms with Gasteiger partial charge in [-0.05, 0) is 32.9 Å². The molecule has 0 unspecified atom stereocenters. The third kappa shape index (κ3) is 2.87. The summed E-state index contributed by atoms with van der Waals surface area (Å²) in [5.41, 5.74) is -0.974. The van der Waals surface area contributed by atoms with Crippen LogP contribution in [0.1, 0.15) is 19.8 Å². The highest BCUT2D eigenvalue weighted by atomic mass is 19.4. The molecule has 0 aromatic heterocycles. The summed E-state index contributed by atoms with van der Waals surface area (Å²) in [4.78, 5) is 10.6. The number of halogens is 3. The predicted molar refractivity (Wildman–Crippen MR) is 42.7 cm³/mol. The maximum absolute atomic E-state index is 11.9. The molecule has 1 fully saturated rings. The highest BCUT2D eigenvalue weighted by Crippen LogP contribution is 2.26. The van der Waals surface area contributed by atoms with Crippen LogP contribution >= 0.6 is 0 Å². The van der Waals surface area contributed by atoms with Gasteiger partial charge >= 0.3 is 12.1 Å². The quantitative estimate of drug-likeness (QED) is 0.663. The molecule has 1 N–H and O–H groups in total. The number of piperidine rings is 1. The first kappa shape index (κ1) is 11.3. The number of rotatable bonds is 1. The number of nitrogens with one attached hydrogen (secondary N) is 1. The van der Waals surface area contributed by atoms with Crippen LogP contribution in [0.5, 0.6) is 0 Å². The Morgan fingerprint density at radius 3 is 2.29 bits per heavy atom. The molecule has 1 aliphatic rings. The van der Waals surface area contributed by atoms with Gasteiger partial charge in [0.1, 0.15) is 5.60 Å². The zero-order valence-electron chi connectivity index (χ0n) is 7.78. The summed E-state index contributed by atoms with van der Waals surface area (Å²) in [6, 6.07) is 0. The molecule has 6 heteroatoms. The van der Waals surface area contributed by atoms with E-state index in [0.717, 1.165) is 0 Å². The molecule has 0 aromatic rings. The normalized spacial score (nSPS) is 21.7. The first-order chi connectivity index (χ1) is 6.33. The van der Waals surface area contributed by atoms with E-state index in [9.17, 15) is 18.0 Å². The van der Waals surface area contributed by atoms with E-state index in [2.05, 4.69) is 10.1 Å². The predicted octanol–water partition coefficient (Wildman–Crippen LogP) is 1.23. The van der Waals surface area contributed by atoms with Crippen molar-refractivity contribution in [2.45, 2.75) is 31.5 Å². The van der Waals surface area contributed by atoms with E-state index in [1.165, 1.54) is 6.92 Å². The SMILES string of the molecule is CC1(OC(=O)C(F)(F)F)CCNCC1. The van der Waals surface area contributed by atoms with E-state index >= 15 is 0 Å². The molecule has 0 bridgehead atoms. The van der Waals surface area contributed by atoms with Crippen molar-refractivity contribution in [3.05, 3.63) is 0 Å². The van der Waals surface area contributed by atoms with E-state index in [4.69, 9.17) is 0 Å². The molecule has 0 radical (unpaired) electrons. The van der Waals surface area contributed by atoms with Gasteiger partial charge in [0, 0.05) is 0 Å². The van der Waals surface area contributed by atoms with E-state index in [-0.39, 0.29) is 0 Å². The minimum Gasteiger partial charge on any atom is -0.453 e. The molecule has 0 aliphatic carbocycles. The summed E-state index contributed by atoms with van der Waals surface area (Å²) < 4.78 is 40.1. The number of hydrogen-bond donors (Lipinski definition) is 1. The molecule has 14 heavy (non-hydrogen) atoms. The fourth-order valence-electron chi connectivity index (χ4n) is 1.34. The lowest BCUT2D eigenvalue weighted by molar-refractivity contribution is -0.214. The van der Waals surface area contributed by atoms with Crippen molar-refractivity contribution in [1.82, 2.24) is 5.32 Å². The highest BCUT2D eigenvalue weighted by molar-refractivity contribution is 5.76. The zero-order chi connectivity index (χ0) is 10.8. The first-order valence-electron chi connectivity index (χ1n) is 4.34. The Kier molecular flexibility index (Phi) is 3.04. The van der Waals surface area contributed by atoms with Crippen LogP contribution in [0.15, 0.2) is 0 Å². The summed E-state index contributed by atoms with van der Waals surface area (Å²) in [6.45, 7) is 2.67. The molecule has 0 atom stereocenters. The lowest BCUT2D eigenvalue weighted by Gasteiger charge is -2.33. The lowest BCUT2D eigenvalue weighted by atomic mass is 9.94. The summed E-state index contributed by atoms with van der Waals surface area (Å²) in [7, 11) is 0. The second-order valence-electron chi connectivity index (χ2n) is 3.59. The van der Waals surface area contributed by atoms with E-state index < -0.39 is 17.7 Å². The average Bonchev–Trinajstić information content (AvgIpc) is 2.02. The topological polar surface area (TPSA) is 38.3 Å². The van der Waals surface area contributed by atoms with Crippen LogP contribution < -0.4 is 5.32 Å². The molecular weight excluding hydrogens is 199 g/mol. The summed E-state index contributed by atoms with van der Waals surface area (Å²) in [6.07, 6.45) is -4.07. The average molecular weight is 211 g/mol. The number of ether oxygens (including phenoxy) is 1. The molecule has 0 aromatic carbocycles. The Morgan fingerprint density at radius 1 is 1.36 bits per heavy atom. The van der Waals surface area contributed by atoms with Crippen LogP contribution in [0.4, 0.5) is 13.2 Å². The van der Waals surface area contributed by atoms with Gasteiger partial charge in [-0.1, -0.05) is 0 Å². The zero-order valence-corrected chi connectivity index (χ0v) is 7.78. The summed E-state index contributed by atoms with van der Waals surface area (Å²) >= 11 is 0. The van der Waals surface area contributed by atoms with Crippen LogP contribution in [-0.2, 0) is 9.53 Å². The maximum Gasteiger partial charge on any atom is 0.490 e. The standard InChI is InChI=1S/C8H12F3NO2/c1-7(2-4-12-5-3-7)14-6(13)8(9,10)11/h12H,2-5H2,1H3. The Labute approximate surface area is 79.6 Å². The Bertz CT molecular complexity index is 221. The van der Waals surface area contributed by atoms with Crippen molar-refractivity contribution in [2.75, 3.05) is 13.1 Å². The lowest BCUT2D eigenvalue weighted by Crippen LogP contribution is -2.45. The van der Waals surface area contributed by atoms with Gasteiger partial charge in [-0.2, -0.15) is 13.2 Å². The van der Waals surface area contributed by atoms with Crippen LogP contribution in [0, 0.1) is 0 Å². The van der Waals surface area contributed by atoms with Crippen molar-refractivity contribution < 1.29 is 22.7 Å². The van der Waals surface area contributed by atoms with Gasteiger partial charge in [-0.3, -0.25) is 0 Å². The number of esters is 1. The van der Waals surface area contributed by atoms with Gasteiger partial charge in [-0.25, -0.2) is 4.79 Å². The minimum absolute atomic E-state index is 0.412. The molecule has 3 nitrogen and oxygen atoms in total. The van der Waals surface area contributed by atoms with Crippen molar-refractivity contribution >= 4 is 5.97 Å². The number of hydrogen-bond acceptors (Lipinski definition) is 3. The van der Waals surface area contributed by atoms with E-state index in [1.807, 2.05) is 0 Å². The largest absolute Gasteiger partial charge is 0.490 e. The van der Waals surface area contributed by atoms with Crippen LogP contribution in [0.2, 0.25) is 0 Å². The third-order valence-electron chi connectivity index (χ3n) is 2.23. The summed E-state index contributed by atoms with van der Waals surface area (Å²) in [5.74, 6) is -2.10. The Hall–Kier alpha value is -0.780. The van der Waals surface area contributed by atoms with Crippen LogP contribution in [0.3, 0.4) is 0 Å². The highest BCUT2D eigenvalue weighted by Gasteiger charge is 2.45. The van der Waals surface area contributed by atoms with Crippen molar-refractivity contribution in [2.24, 2.45) is 0 Å². The van der Waals surface area contributed by atoms with Gasteiger partial charge in [0.25, 0.3) is 0 Å². The summed E-state index contributed by atoms with van der Waals surface area (Å²) in [5, 5.41) is 2.98. The molecule has 1 aliphatic heterocycles. The smallest absolute Gasteiger partial charge is 0.453 e. The Balaban J connectivity index is 2.54. The Morgan fingerprint density at radius 2 is 1.86 bits per heavy atom. The van der Waals surface area contributed by atoms with Crippen LogP contribution in [0.25, 0.3) is 0 Å². The van der Waals surface area contributed by atoms with Gasteiger partial charge in [-0.15, -0.1) is 0 Å². The molecule has 1 saturated heterocycles. The molecule has 0 spiro atoms. The molecule has 1 rings (SSSR count). The van der Waals surface area contributed by atoms with Crippen molar-refractivity contribution in [1.29, 1.82) is 0 Å². The number of alkyl halides is 3. The fraction of sp³-hybridized carbons (Fsp3) is 0.875. The molecular formula is C8H12F3NO2. The van der Waals surface area contributed by atoms with Gasteiger partial charge in [0.2, 0.25) is 0 Å². The van der Waals surface area contributed by atoms with Gasteiger partial charge in [0.15, 0.2) is 0 Å². The third-order valence-corrected chi connectivity index (χ3v) is 2.23. The van der Waals surface area contributed by atoms with E-state index in [1.54, 1.807) is 0 Å². The monoisotopic (exact) mass is 211 g/mol. The maximum atomic E-state index is 11.9. The number of carbonyl (C=O) groups excluding carboxylic acids is 1. The second-order valence-corrected chi connectivity index (χ2v) is 3.59. The van der Waals surface area contributed by atoms with Crippen LogP contribution in [-0.4, -0.2) is 30.8 Å². The molecule has 0 saturated carbocycles. The molecule has 0 amide bonds. The number of carbonyl (C=O) groups is 1. The van der Waals surface area contributed by atoms with Crippen molar-refractivity contribution in [3.8, 4) is 0 Å². The molecule has 1 heterocycles.